The third kappa shape index (κ3) is 5.07. The molecular weight excluding hydrogens is 426 g/mol. The SMILES string of the molecule is Cc1nc(-c2ccsc2)sc1C(=O)Nc1ccccc1C(=O)NCCc1ccccc1. The van der Waals surface area contributed by atoms with Crippen molar-refractivity contribution in [2.75, 3.05) is 11.9 Å². The Kier molecular flexibility index (Phi) is 6.54. The molecule has 0 aliphatic heterocycles. The molecule has 0 spiro atoms. The Labute approximate surface area is 188 Å². The van der Waals surface area contributed by atoms with Crippen molar-refractivity contribution in [1.82, 2.24) is 10.3 Å². The number of thiophene rings is 1. The van der Waals surface area contributed by atoms with Crippen molar-refractivity contribution in [2.24, 2.45) is 0 Å². The molecule has 2 N–H and O–H groups in total. The van der Waals surface area contributed by atoms with Crippen LogP contribution in [-0.4, -0.2) is 23.3 Å². The van der Waals surface area contributed by atoms with Gasteiger partial charge in [0.05, 0.1) is 16.9 Å². The number of para-hydroxylation sites is 1. The number of rotatable bonds is 7. The van der Waals surface area contributed by atoms with E-state index in [0.717, 1.165) is 22.6 Å². The topological polar surface area (TPSA) is 71.1 Å². The van der Waals surface area contributed by atoms with Crippen molar-refractivity contribution >= 4 is 40.2 Å². The molecule has 2 heterocycles. The van der Waals surface area contributed by atoms with Gasteiger partial charge in [-0.1, -0.05) is 42.5 Å². The number of nitrogens with one attached hydrogen (secondary N) is 2. The van der Waals surface area contributed by atoms with Crippen molar-refractivity contribution in [3.8, 4) is 10.6 Å². The van der Waals surface area contributed by atoms with Gasteiger partial charge in [0.1, 0.15) is 9.88 Å². The fourth-order valence-electron chi connectivity index (χ4n) is 3.15. The molecule has 2 amide bonds. The van der Waals surface area contributed by atoms with Crippen LogP contribution in [0.15, 0.2) is 71.4 Å². The predicted octanol–water partition coefficient (Wildman–Crippen LogP) is 5.40. The van der Waals surface area contributed by atoms with E-state index in [4.69, 9.17) is 0 Å². The third-order valence-corrected chi connectivity index (χ3v) is 6.62. The zero-order valence-electron chi connectivity index (χ0n) is 16.9. The predicted molar refractivity (Wildman–Crippen MR) is 127 cm³/mol. The molecule has 0 radical (unpaired) electrons. The van der Waals surface area contributed by atoms with Gasteiger partial charge in [0.15, 0.2) is 0 Å². The summed E-state index contributed by atoms with van der Waals surface area (Å²) >= 11 is 2.95. The number of anilines is 1. The Hall–Kier alpha value is -3.29. The summed E-state index contributed by atoms with van der Waals surface area (Å²) in [5.41, 5.74) is 3.76. The smallest absolute Gasteiger partial charge is 0.267 e. The van der Waals surface area contributed by atoms with E-state index in [1.165, 1.54) is 11.3 Å². The summed E-state index contributed by atoms with van der Waals surface area (Å²) in [6, 6.07) is 19.0. The van der Waals surface area contributed by atoms with Crippen molar-refractivity contribution in [3.63, 3.8) is 0 Å². The molecule has 4 rings (SSSR count). The molecule has 0 aliphatic rings. The highest BCUT2D eigenvalue weighted by Crippen LogP contribution is 2.30. The molecule has 0 bridgehead atoms. The highest BCUT2D eigenvalue weighted by atomic mass is 32.1. The number of hydrogen-bond donors (Lipinski definition) is 2. The summed E-state index contributed by atoms with van der Waals surface area (Å²) < 4.78 is 0. The maximum atomic E-state index is 12.9. The molecule has 0 aliphatic carbocycles. The van der Waals surface area contributed by atoms with Gasteiger partial charge in [0.25, 0.3) is 11.8 Å². The summed E-state index contributed by atoms with van der Waals surface area (Å²) in [6.07, 6.45) is 0.743. The molecule has 5 nitrogen and oxygen atoms in total. The van der Waals surface area contributed by atoms with Crippen molar-refractivity contribution in [3.05, 3.63) is 93.1 Å². The summed E-state index contributed by atoms with van der Waals surface area (Å²) in [7, 11) is 0. The van der Waals surface area contributed by atoms with Crippen LogP contribution < -0.4 is 10.6 Å². The van der Waals surface area contributed by atoms with Crippen molar-refractivity contribution in [1.29, 1.82) is 0 Å². The molecule has 0 unspecified atom stereocenters. The van der Waals surface area contributed by atoms with E-state index in [1.807, 2.05) is 54.1 Å². The standard InChI is InChI=1S/C24H21N3O2S2/c1-16-21(31-24(26-16)18-12-14-30-15-18)23(29)27-20-10-6-5-9-19(20)22(28)25-13-11-17-7-3-2-4-8-17/h2-10,12,14-15H,11,13H2,1H3,(H,25,28)(H,27,29). The number of carbonyl (C=O) groups excluding carboxylic acids is 2. The summed E-state index contributed by atoms with van der Waals surface area (Å²) in [6.45, 7) is 2.34. The second kappa shape index (κ2) is 9.68. The van der Waals surface area contributed by atoms with Crippen LogP contribution in [0.4, 0.5) is 5.69 Å². The molecule has 7 heteroatoms. The number of thiazole rings is 1. The zero-order valence-corrected chi connectivity index (χ0v) is 18.6. The number of aryl methyl sites for hydroxylation is 1. The lowest BCUT2D eigenvalue weighted by Crippen LogP contribution is -2.27. The first-order valence-corrected chi connectivity index (χ1v) is 11.6. The summed E-state index contributed by atoms with van der Waals surface area (Å²) in [5, 5.41) is 10.6. The number of nitrogens with zero attached hydrogens (tertiary/aromatic N) is 1. The van der Waals surface area contributed by atoms with Crippen LogP contribution in [0, 0.1) is 6.92 Å². The number of benzene rings is 2. The minimum Gasteiger partial charge on any atom is -0.352 e. The van der Waals surface area contributed by atoms with E-state index in [-0.39, 0.29) is 11.8 Å². The lowest BCUT2D eigenvalue weighted by molar-refractivity contribution is 0.0955. The van der Waals surface area contributed by atoms with E-state index >= 15 is 0 Å². The van der Waals surface area contributed by atoms with Gasteiger partial charge < -0.3 is 10.6 Å². The highest BCUT2D eigenvalue weighted by Gasteiger charge is 2.19. The second-order valence-electron chi connectivity index (χ2n) is 6.94. The van der Waals surface area contributed by atoms with Gasteiger partial charge in [-0.05, 0) is 42.5 Å². The molecule has 2 aromatic heterocycles. The maximum Gasteiger partial charge on any atom is 0.267 e. The highest BCUT2D eigenvalue weighted by molar-refractivity contribution is 7.17. The molecule has 31 heavy (non-hydrogen) atoms. The third-order valence-electron chi connectivity index (χ3n) is 4.73. The van der Waals surface area contributed by atoms with Crippen LogP contribution in [0.3, 0.4) is 0 Å². The quantitative estimate of drug-likeness (QED) is 0.398. The Morgan fingerprint density at radius 2 is 1.74 bits per heavy atom. The fraction of sp³-hybridized carbons (Fsp3) is 0.125. The van der Waals surface area contributed by atoms with Gasteiger partial charge in [-0.15, -0.1) is 11.3 Å². The van der Waals surface area contributed by atoms with Crippen LogP contribution >= 0.6 is 22.7 Å². The van der Waals surface area contributed by atoms with E-state index in [9.17, 15) is 9.59 Å². The number of amides is 2. The molecule has 4 aromatic rings. The first kappa shape index (κ1) is 21.0. The first-order valence-electron chi connectivity index (χ1n) is 9.84. The van der Waals surface area contributed by atoms with E-state index in [0.29, 0.717) is 28.4 Å². The van der Waals surface area contributed by atoms with Gasteiger partial charge >= 0.3 is 0 Å². The Morgan fingerprint density at radius 3 is 2.52 bits per heavy atom. The van der Waals surface area contributed by atoms with Gasteiger partial charge in [-0.3, -0.25) is 9.59 Å². The average molecular weight is 448 g/mol. The normalized spacial score (nSPS) is 10.6. The molecule has 0 atom stereocenters. The largest absolute Gasteiger partial charge is 0.352 e. The summed E-state index contributed by atoms with van der Waals surface area (Å²) in [5.74, 6) is -0.479. The van der Waals surface area contributed by atoms with Gasteiger partial charge in [-0.2, -0.15) is 11.3 Å². The van der Waals surface area contributed by atoms with E-state index in [2.05, 4.69) is 15.6 Å². The van der Waals surface area contributed by atoms with Crippen LogP contribution in [0.25, 0.3) is 10.6 Å². The monoisotopic (exact) mass is 447 g/mol. The van der Waals surface area contributed by atoms with Gasteiger partial charge in [0.2, 0.25) is 0 Å². The molecular formula is C24H21N3O2S2. The lowest BCUT2D eigenvalue weighted by atomic mass is 10.1. The molecule has 0 saturated carbocycles. The van der Waals surface area contributed by atoms with E-state index in [1.54, 1.807) is 35.6 Å². The van der Waals surface area contributed by atoms with E-state index < -0.39 is 0 Å². The van der Waals surface area contributed by atoms with Gasteiger partial charge in [0, 0.05) is 17.5 Å². The lowest BCUT2D eigenvalue weighted by Gasteiger charge is -2.11. The van der Waals surface area contributed by atoms with Crippen LogP contribution in [-0.2, 0) is 6.42 Å². The molecule has 0 fully saturated rings. The first-order chi connectivity index (χ1) is 15.1. The van der Waals surface area contributed by atoms with Crippen LogP contribution in [0.2, 0.25) is 0 Å². The number of carbonyl (C=O) groups is 2. The second-order valence-corrected chi connectivity index (χ2v) is 8.72. The number of hydrogen-bond acceptors (Lipinski definition) is 5. The van der Waals surface area contributed by atoms with Crippen LogP contribution in [0.5, 0.6) is 0 Å². The Balaban J connectivity index is 1.45. The zero-order chi connectivity index (χ0) is 21.6. The molecule has 2 aromatic carbocycles. The Morgan fingerprint density at radius 1 is 0.968 bits per heavy atom. The van der Waals surface area contributed by atoms with Gasteiger partial charge in [-0.25, -0.2) is 4.98 Å². The Bertz CT molecular complexity index is 1180. The van der Waals surface area contributed by atoms with Crippen LogP contribution in [0.1, 0.15) is 31.3 Å². The minimum atomic E-state index is -0.263. The number of aromatic nitrogens is 1. The minimum absolute atomic E-state index is 0.216. The summed E-state index contributed by atoms with van der Waals surface area (Å²) in [4.78, 5) is 30.7. The van der Waals surface area contributed by atoms with Crippen molar-refractivity contribution in [2.45, 2.75) is 13.3 Å². The average Bonchev–Trinajstić information content (AvgIpc) is 3.44. The molecule has 156 valence electrons. The maximum absolute atomic E-state index is 12.9. The molecule has 0 saturated heterocycles. The van der Waals surface area contributed by atoms with Crippen molar-refractivity contribution < 1.29 is 9.59 Å². The fourth-order valence-corrected chi connectivity index (χ4v) is 4.82.